The highest BCUT2D eigenvalue weighted by Gasteiger charge is 2.24. The highest BCUT2D eigenvalue weighted by molar-refractivity contribution is 6.32. The van der Waals surface area contributed by atoms with Gasteiger partial charge in [-0.1, -0.05) is 36.4 Å². The van der Waals surface area contributed by atoms with Crippen molar-refractivity contribution in [3.8, 4) is 0 Å². The molecule has 0 N–H and O–H groups in total. The lowest BCUT2D eigenvalue weighted by Gasteiger charge is -2.03. The number of aromatic nitrogens is 1. The van der Waals surface area contributed by atoms with Crippen LogP contribution in [0.2, 0.25) is 0 Å². The van der Waals surface area contributed by atoms with Gasteiger partial charge in [0.15, 0.2) is 0 Å². The van der Waals surface area contributed by atoms with E-state index >= 15 is 0 Å². The number of hydrogen-bond donors (Lipinski definition) is 0. The maximum absolute atomic E-state index is 12.0. The minimum Gasteiger partial charge on any atom is -0.456 e. The minimum absolute atomic E-state index is 0.100. The van der Waals surface area contributed by atoms with E-state index in [-0.39, 0.29) is 10.6 Å². The van der Waals surface area contributed by atoms with E-state index in [0.717, 1.165) is 54.6 Å². The van der Waals surface area contributed by atoms with E-state index in [1.54, 1.807) is 12.1 Å². The molecule has 7 rings (SSSR count). The summed E-state index contributed by atoms with van der Waals surface area (Å²) in [5.41, 5.74) is 4.52. The van der Waals surface area contributed by atoms with Crippen LogP contribution in [0.5, 0.6) is 0 Å². The van der Waals surface area contributed by atoms with Crippen molar-refractivity contribution < 1.29 is 9.34 Å². The molecule has 0 saturated heterocycles. The van der Waals surface area contributed by atoms with Crippen molar-refractivity contribution in [2.24, 2.45) is 0 Å². The van der Waals surface area contributed by atoms with E-state index in [0.29, 0.717) is 5.39 Å². The van der Waals surface area contributed by atoms with Gasteiger partial charge in [0.05, 0.1) is 32.2 Å². The quantitative estimate of drug-likeness (QED) is 0.238. The zero-order valence-electron chi connectivity index (χ0n) is 15.0. The standard InChI is InChI=1S/C24H12N2O3/c27-26(28)18-9-4-8-17-21(18)15-6-3-10-19-22(15)23-20(29-19)12-11-14-13-5-1-2-7-16(13)25(17)24(14)23/h1-12H. The molecule has 0 spiro atoms. The summed E-state index contributed by atoms with van der Waals surface area (Å²) in [4.78, 5) is 11.7. The fourth-order valence-electron chi connectivity index (χ4n) is 4.96. The lowest BCUT2D eigenvalue weighted by molar-refractivity contribution is -0.383. The van der Waals surface area contributed by atoms with Gasteiger partial charge in [-0.25, -0.2) is 0 Å². The summed E-state index contributed by atoms with van der Waals surface area (Å²) in [6.45, 7) is 0. The van der Waals surface area contributed by atoms with E-state index in [4.69, 9.17) is 4.42 Å². The summed E-state index contributed by atoms with van der Waals surface area (Å²) in [6, 6.07) is 23.4. The summed E-state index contributed by atoms with van der Waals surface area (Å²) in [5, 5.41) is 17.6. The molecule has 4 aromatic carbocycles. The van der Waals surface area contributed by atoms with Crippen molar-refractivity contribution in [2.45, 2.75) is 0 Å². The second kappa shape index (κ2) is 4.83. The number of nitrogens with zero attached hydrogens (tertiary/aromatic N) is 2. The van der Waals surface area contributed by atoms with Crippen LogP contribution in [-0.4, -0.2) is 9.32 Å². The SMILES string of the molecule is O=[N+]([O-])c1cccc2c1c1cccc3oc4ccc5c6ccccc6n2c5c4c31. The normalized spacial score (nSPS) is 12.4. The van der Waals surface area contributed by atoms with E-state index in [2.05, 4.69) is 22.6 Å². The van der Waals surface area contributed by atoms with Crippen LogP contribution < -0.4 is 0 Å². The monoisotopic (exact) mass is 376 g/mol. The Hall–Kier alpha value is -4.12. The molecule has 0 radical (unpaired) electrons. The number of hydrogen-bond acceptors (Lipinski definition) is 3. The predicted octanol–water partition coefficient (Wildman–Crippen LogP) is 6.64. The highest BCUT2D eigenvalue weighted by Crippen LogP contribution is 2.45. The van der Waals surface area contributed by atoms with Crippen molar-refractivity contribution in [1.82, 2.24) is 4.40 Å². The van der Waals surface area contributed by atoms with Gasteiger partial charge in [0.1, 0.15) is 11.2 Å². The van der Waals surface area contributed by atoms with E-state index in [1.807, 2.05) is 42.5 Å². The molecule has 0 unspecified atom stereocenters. The molecule has 29 heavy (non-hydrogen) atoms. The topological polar surface area (TPSA) is 60.7 Å². The second-order valence-corrected chi connectivity index (χ2v) is 7.40. The third kappa shape index (κ3) is 1.62. The first kappa shape index (κ1) is 14.9. The third-order valence-electron chi connectivity index (χ3n) is 6.02. The van der Waals surface area contributed by atoms with Crippen molar-refractivity contribution in [1.29, 1.82) is 0 Å². The first-order valence-electron chi connectivity index (χ1n) is 9.39. The first-order chi connectivity index (χ1) is 14.2. The van der Waals surface area contributed by atoms with E-state index in [9.17, 15) is 10.1 Å². The summed E-state index contributed by atoms with van der Waals surface area (Å²) in [5.74, 6) is 0. The molecule has 0 aliphatic rings. The van der Waals surface area contributed by atoms with Gasteiger partial charge in [0.25, 0.3) is 5.69 Å². The van der Waals surface area contributed by atoms with Gasteiger partial charge in [-0.2, -0.15) is 0 Å². The van der Waals surface area contributed by atoms with Crippen molar-refractivity contribution in [3.63, 3.8) is 0 Å². The van der Waals surface area contributed by atoms with Crippen LogP contribution in [0.15, 0.2) is 77.2 Å². The van der Waals surface area contributed by atoms with Crippen LogP contribution >= 0.6 is 0 Å². The molecule has 0 fully saturated rings. The molecule has 5 nitrogen and oxygen atoms in total. The van der Waals surface area contributed by atoms with E-state index < -0.39 is 0 Å². The maximum Gasteiger partial charge on any atom is 0.279 e. The highest BCUT2D eigenvalue weighted by atomic mass is 16.6. The van der Waals surface area contributed by atoms with Crippen LogP contribution in [-0.2, 0) is 0 Å². The van der Waals surface area contributed by atoms with Crippen molar-refractivity contribution >= 4 is 65.7 Å². The Labute approximate surface area is 162 Å². The fourth-order valence-corrected chi connectivity index (χ4v) is 4.96. The smallest absolute Gasteiger partial charge is 0.279 e. The van der Waals surface area contributed by atoms with Gasteiger partial charge in [0, 0.05) is 27.6 Å². The summed E-state index contributed by atoms with van der Waals surface area (Å²) < 4.78 is 8.32. The van der Waals surface area contributed by atoms with Crippen molar-refractivity contribution in [2.75, 3.05) is 0 Å². The summed E-state index contributed by atoms with van der Waals surface area (Å²) in [6.07, 6.45) is 0. The zero-order valence-corrected chi connectivity index (χ0v) is 15.0. The molecule has 0 bridgehead atoms. The molecule has 0 saturated carbocycles. The Morgan fingerprint density at radius 2 is 1.45 bits per heavy atom. The number of rotatable bonds is 1. The predicted molar refractivity (Wildman–Crippen MR) is 115 cm³/mol. The molecule has 136 valence electrons. The molecule has 7 aromatic rings. The summed E-state index contributed by atoms with van der Waals surface area (Å²) >= 11 is 0. The molecule has 0 aliphatic heterocycles. The average Bonchev–Trinajstić information content (AvgIpc) is 3.24. The molecular formula is C24H12N2O3. The van der Waals surface area contributed by atoms with Crippen LogP contribution in [0, 0.1) is 10.1 Å². The average molecular weight is 376 g/mol. The maximum atomic E-state index is 12.0. The number of nitro benzene ring substituents is 1. The lowest BCUT2D eigenvalue weighted by Crippen LogP contribution is -1.91. The van der Waals surface area contributed by atoms with Gasteiger partial charge in [-0.15, -0.1) is 0 Å². The van der Waals surface area contributed by atoms with Crippen LogP contribution in [0.25, 0.3) is 60.0 Å². The number of nitro groups is 1. The second-order valence-electron chi connectivity index (χ2n) is 7.40. The summed E-state index contributed by atoms with van der Waals surface area (Å²) in [7, 11) is 0. The molecule has 3 heterocycles. The van der Waals surface area contributed by atoms with Crippen molar-refractivity contribution in [3.05, 3.63) is 82.9 Å². The molecule has 0 aliphatic carbocycles. The Kier molecular flexibility index (Phi) is 2.48. The molecule has 0 amide bonds. The van der Waals surface area contributed by atoms with Gasteiger partial charge in [-0.05, 0) is 30.3 Å². The fraction of sp³-hybridized carbons (Fsp3) is 0. The number of para-hydroxylation sites is 1. The van der Waals surface area contributed by atoms with E-state index in [1.165, 1.54) is 0 Å². The number of furan rings is 1. The number of benzene rings is 4. The van der Waals surface area contributed by atoms with Crippen LogP contribution in [0.4, 0.5) is 5.69 Å². The Morgan fingerprint density at radius 3 is 2.34 bits per heavy atom. The molecular weight excluding hydrogens is 364 g/mol. The van der Waals surface area contributed by atoms with Gasteiger partial charge >= 0.3 is 0 Å². The first-order valence-corrected chi connectivity index (χ1v) is 9.39. The number of non-ortho nitro benzene ring substituents is 1. The largest absolute Gasteiger partial charge is 0.456 e. The molecule has 5 heteroatoms. The van der Waals surface area contributed by atoms with Gasteiger partial charge in [0.2, 0.25) is 0 Å². The third-order valence-corrected chi connectivity index (χ3v) is 6.02. The Balaban J connectivity index is 2.04. The van der Waals surface area contributed by atoms with Crippen LogP contribution in [0.1, 0.15) is 0 Å². The Bertz CT molecular complexity index is 1790. The zero-order chi connectivity index (χ0) is 19.3. The molecule has 3 aromatic heterocycles. The lowest BCUT2D eigenvalue weighted by atomic mass is 10.0. The minimum atomic E-state index is -0.298. The van der Waals surface area contributed by atoms with Gasteiger partial charge < -0.3 is 8.82 Å². The Morgan fingerprint density at radius 1 is 0.690 bits per heavy atom. The number of fused-ring (bicyclic) bond motifs is 6. The van der Waals surface area contributed by atoms with Gasteiger partial charge in [-0.3, -0.25) is 10.1 Å². The molecule has 0 atom stereocenters. The van der Waals surface area contributed by atoms with Crippen LogP contribution in [0.3, 0.4) is 0 Å².